The zero-order valence-corrected chi connectivity index (χ0v) is 12.7. The van der Waals surface area contributed by atoms with Crippen molar-refractivity contribution in [1.82, 2.24) is 0 Å². The average molecular weight is 304 g/mol. The number of allylic oxidation sites excluding steroid dienone is 1. The molecule has 0 fully saturated rings. The topological polar surface area (TPSA) is 77.8 Å². The molecule has 1 heterocycles. The van der Waals surface area contributed by atoms with Gasteiger partial charge in [-0.25, -0.2) is 0 Å². The van der Waals surface area contributed by atoms with Gasteiger partial charge in [0.2, 0.25) is 0 Å². The van der Waals surface area contributed by atoms with Gasteiger partial charge in [0.05, 0.1) is 5.56 Å². The van der Waals surface area contributed by atoms with Crippen molar-refractivity contribution in [1.29, 1.82) is 0 Å². The van der Waals surface area contributed by atoms with Crippen molar-refractivity contribution in [3.63, 3.8) is 0 Å². The van der Waals surface area contributed by atoms with Gasteiger partial charge >= 0.3 is 0 Å². The van der Waals surface area contributed by atoms with E-state index in [9.17, 15) is 4.79 Å². The van der Waals surface area contributed by atoms with E-state index in [1.54, 1.807) is 32.0 Å². The lowest BCUT2D eigenvalue weighted by Crippen LogP contribution is -2.11. The molecular formula is C15H16N2O3S. The van der Waals surface area contributed by atoms with E-state index in [1.807, 2.05) is 0 Å². The summed E-state index contributed by atoms with van der Waals surface area (Å²) < 4.78 is 11.1. The molecule has 5 nitrogen and oxygen atoms in total. The molecule has 2 rings (SSSR count). The highest BCUT2D eigenvalue weighted by molar-refractivity contribution is 7.84. The number of fused-ring (bicyclic) bond motifs is 1. The predicted octanol–water partition coefficient (Wildman–Crippen LogP) is 3.08. The molecule has 21 heavy (non-hydrogen) atoms. The molecule has 0 spiro atoms. The fraction of sp³-hybridized carbons (Fsp3) is 0.200. The van der Waals surface area contributed by atoms with E-state index in [2.05, 4.69) is 24.3 Å². The van der Waals surface area contributed by atoms with Gasteiger partial charge in [-0.3, -0.25) is 9.79 Å². The summed E-state index contributed by atoms with van der Waals surface area (Å²) in [6.07, 6.45) is 0. The Labute approximate surface area is 127 Å². The summed E-state index contributed by atoms with van der Waals surface area (Å²) in [7, 11) is 0. The summed E-state index contributed by atoms with van der Waals surface area (Å²) in [5, 5.41) is 0.640. The van der Waals surface area contributed by atoms with Crippen LogP contribution in [0.25, 0.3) is 11.0 Å². The molecule has 0 saturated carbocycles. The van der Waals surface area contributed by atoms with Crippen LogP contribution in [-0.4, -0.2) is 19.2 Å². The number of hydrogen-bond acceptors (Lipinski definition) is 5. The summed E-state index contributed by atoms with van der Waals surface area (Å²) in [4.78, 5) is 16.0. The third kappa shape index (κ3) is 3.11. The zero-order valence-electron chi connectivity index (χ0n) is 11.8. The van der Waals surface area contributed by atoms with E-state index in [0.29, 0.717) is 38.6 Å². The lowest BCUT2D eigenvalue weighted by molar-refractivity contribution is 0.1000. The first-order valence-electron chi connectivity index (χ1n) is 6.25. The molecule has 6 heteroatoms. The van der Waals surface area contributed by atoms with Gasteiger partial charge in [-0.2, -0.15) is 0 Å². The van der Waals surface area contributed by atoms with Gasteiger partial charge in [0, 0.05) is 16.0 Å². The van der Waals surface area contributed by atoms with Gasteiger partial charge in [-0.05, 0) is 38.8 Å². The average Bonchev–Trinajstić information content (AvgIpc) is 2.78. The second-order valence-electron chi connectivity index (χ2n) is 4.53. The molecule has 1 amide bonds. The Bertz CT molecular complexity index is 747. The Kier molecular flexibility index (Phi) is 4.37. The molecule has 0 atom stereocenters. The van der Waals surface area contributed by atoms with Crippen LogP contribution in [0.2, 0.25) is 0 Å². The first-order valence-corrected chi connectivity index (χ1v) is 6.70. The zero-order chi connectivity index (χ0) is 15.6. The number of carbonyl (C=O) groups excluding carboxylic acids is 1. The number of amides is 1. The number of ether oxygens (including phenoxy) is 1. The first-order chi connectivity index (χ1) is 9.93. The van der Waals surface area contributed by atoms with E-state index >= 15 is 0 Å². The van der Waals surface area contributed by atoms with Crippen molar-refractivity contribution < 1.29 is 13.9 Å². The molecule has 1 aromatic carbocycles. The van der Waals surface area contributed by atoms with E-state index in [0.717, 1.165) is 0 Å². The minimum atomic E-state index is -0.523. The highest BCUT2D eigenvalue weighted by Crippen LogP contribution is 2.29. The quantitative estimate of drug-likeness (QED) is 0.658. The number of thiol groups is 1. The van der Waals surface area contributed by atoms with Crippen LogP contribution in [0.3, 0.4) is 0 Å². The molecule has 0 saturated heterocycles. The van der Waals surface area contributed by atoms with Gasteiger partial charge in [0.25, 0.3) is 5.91 Å². The summed E-state index contributed by atoms with van der Waals surface area (Å²) in [6.45, 7) is 7.20. The van der Waals surface area contributed by atoms with Crippen LogP contribution in [0, 0.1) is 6.92 Å². The molecule has 0 unspecified atom stereocenters. The number of aryl methyl sites for hydroxylation is 1. The number of benzene rings is 1. The number of hydrogen-bond donors (Lipinski definition) is 2. The molecule has 1 aromatic heterocycles. The van der Waals surface area contributed by atoms with Crippen molar-refractivity contribution in [2.75, 3.05) is 6.61 Å². The van der Waals surface area contributed by atoms with Gasteiger partial charge < -0.3 is 14.9 Å². The van der Waals surface area contributed by atoms with Gasteiger partial charge in [0.15, 0.2) is 0 Å². The molecule has 0 radical (unpaired) electrons. The number of rotatable bonds is 5. The fourth-order valence-corrected chi connectivity index (χ4v) is 2.08. The maximum Gasteiger partial charge on any atom is 0.252 e. The van der Waals surface area contributed by atoms with Crippen LogP contribution >= 0.6 is 12.6 Å². The maximum atomic E-state index is 11.5. The molecule has 2 aromatic rings. The number of aliphatic imine (C=N–C) groups is 1. The standard InChI is InChI=1S/C15H16N2O3S/c1-8(17-3)13(21)7-19-10-4-5-12-11(6-10)14(15(16)18)9(2)20-12/h4-6,21H,3,7H2,1-2H3,(H2,16,18)/b13-8-. The summed E-state index contributed by atoms with van der Waals surface area (Å²) in [5.74, 6) is 0.565. The molecule has 110 valence electrons. The Balaban J connectivity index is 2.33. The van der Waals surface area contributed by atoms with E-state index < -0.39 is 5.91 Å². The van der Waals surface area contributed by atoms with Gasteiger partial charge in [0.1, 0.15) is 23.7 Å². The Morgan fingerprint density at radius 2 is 2.24 bits per heavy atom. The summed E-state index contributed by atoms with van der Waals surface area (Å²) >= 11 is 4.29. The van der Waals surface area contributed by atoms with Crippen molar-refractivity contribution in [2.24, 2.45) is 10.7 Å². The van der Waals surface area contributed by atoms with E-state index in [1.165, 1.54) is 0 Å². The van der Waals surface area contributed by atoms with Crippen molar-refractivity contribution in [2.45, 2.75) is 13.8 Å². The van der Waals surface area contributed by atoms with Crippen LogP contribution in [0.1, 0.15) is 23.0 Å². The van der Waals surface area contributed by atoms with Crippen molar-refractivity contribution in [3.8, 4) is 5.75 Å². The second-order valence-corrected chi connectivity index (χ2v) is 5.07. The predicted molar refractivity (Wildman–Crippen MR) is 86.2 cm³/mol. The Morgan fingerprint density at radius 3 is 2.86 bits per heavy atom. The lowest BCUT2D eigenvalue weighted by atomic mass is 10.1. The van der Waals surface area contributed by atoms with Crippen LogP contribution in [-0.2, 0) is 0 Å². The largest absolute Gasteiger partial charge is 0.488 e. The van der Waals surface area contributed by atoms with Crippen molar-refractivity contribution in [3.05, 3.63) is 40.1 Å². The first kappa shape index (κ1) is 15.2. The SMILES string of the molecule is C=N/C(C)=C(\S)COc1ccc2oc(C)c(C(N)=O)c2c1. The van der Waals surface area contributed by atoms with E-state index in [4.69, 9.17) is 14.9 Å². The minimum Gasteiger partial charge on any atom is -0.488 e. The highest BCUT2D eigenvalue weighted by Gasteiger charge is 2.16. The highest BCUT2D eigenvalue weighted by atomic mass is 32.1. The summed E-state index contributed by atoms with van der Waals surface area (Å²) in [5.41, 5.74) is 7.05. The third-order valence-electron chi connectivity index (χ3n) is 3.11. The number of nitrogens with zero attached hydrogens (tertiary/aromatic N) is 1. The summed E-state index contributed by atoms with van der Waals surface area (Å²) in [6, 6.07) is 5.22. The molecule has 2 N–H and O–H groups in total. The third-order valence-corrected chi connectivity index (χ3v) is 3.56. The fourth-order valence-electron chi connectivity index (χ4n) is 1.94. The van der Waals surface area contributed by atoms with E-state index in [-0.39, 0.29) is 6.61 Å². The number of carbonyl (C=O) groups is 1. The Morgan fingerprint density at radius 1 is 1.52 bits per heavy atom. The molecule has 0 bridgehead atoms. The smallest absolute Gasteiger partial charge is 0.252 e. The maximum absolute atomic E-state index is 11.5. The van der Waals surface area contributed by atoms with Crippen LogP contribution in [0.5, 0.6) is 5.75 Å². The molecule has 0 aliphatic carbocycles. The second kappa shape index (κ2) is 6.05. The van der Waals surface area contributed by atoms with Gasteiger partial charge in [-0.1, -0.05) is 0 Å². The van der Waals surface area contributed by atoms with Gasteiger partial charge in [-0.15, -0.1) is 12.6 Å². The van der Waals surface area contributed by atoms with Crippen LogP contribution < -0.4 is 10.5 Å². The minimum absolute atomic E-state index is 0.266. The normalized spacial score (nSPS) is 12.1. The monoisotopic (exact) mass is 304 g/mol. The number of nitrogens with two attached hydrogens (primary N) is 1. The van der Waals surface area contributed by atoms with Crippen LogP contribution in [0.4, 0.5) is 0 Å². The lowest BCUT2D eigenvalue weighted by Gasteiger charge is -2.07. The van der Waals surface area contributed by atoms with Crippen molar-refractivity contribution >= 4 is 36.2 Å². The number of furan rings is 1. The molecule has 0 aliphatic rings. The van der Waals surface area contributed by atoms with Crippen LogP contribution in [0.15, 0.2) is 38.2 Å². The molecular weight excluding hydrogens is 288 g/mol. The molecule has 0 aliphatic heterocycles. The number of primary amides is 1. The Hall–Kier alpha value is -2.21.